The van der Waals surface area contributed by atoms with Crippen molar-refractivity contribution in [2.24, 2.45) is 0 Å². The van der Waals surface area contributed by atoms with Gasteiger partial charge in [0.25, 0.3) is 0 Å². The van der Waals surface area contributed by atoms with Crippen LogP contribution in [-0.2, 0) is 4.79 Å². The average Bonchev–Trinajstić information content (AvgIpc) is 3.23. The summed E-state index contributed by atoms with van der Waals surface area (Å²) in [5.41, 5.74) is 5.84. The lowest BCUT2D eigenvalue weighted by atomic mass is 9.86. The number of carbonyl (C=O) groups is 2. The molecular weight excluding hydrogens is 400 g/mol. The molecule has 0 radical (unpaired) electrons. The SMILES string of the molecule is O=CNCCCCCNc1cccc2c1C(=O)c1cccc3c1c-2nn3-c1ccccc1. The van der Waals surface area contributed by atoms with Crippen LogP contribution in [0.3, 0.4) is 0 Å². The van der Waals surface area contributed by atoms with Crippen LogP contribution in [-0.4, -0.2) is 35.1 Å². The van der Waals surface area contributed by atoms with Gasteiger partial charge in [0, 0.05) is 35.3 Å². The molecular formula is C26H24N4O2. The molecule has 160 valence electrons. The normalized spacial score (nSPS) is 11.9. The lowest BCUT2D eigenvalue weighted by molar-refractivity contribution is -0.109. The van der Waals surface area contributed by atoms with Gasteiger partial charge in [-0.05, 0) is 43.5 Å². The molecule has 0 saturated carbocycles. The largest absolute Gasteiger partial charge is 0.384 e. The molecule has 6 heteroatoms. The molecule has 0 unspecified atom stereocenters. The molecule has 0 spiro atoms. The predicted octanol–water partition coefficient (Wildman–Crippen LogP) is 4.57. The number of hydrogen-bond acceptors (Lipinski definition) is 4. The fourth-order valence-corrected chi connectivity index (χ4v) is 4.40. The zero-order valence-electron chi connectivity index (χ0n) is 17.7. The van der Waals surface area contributed by atoms with Gasteiger partial charge in [0.1, 0.15) is 5.69 Å². The number of nitrogens with one attached hydrogen (secondary N) is 2. The van der Waals surface area contributed by atoms with E-state index in [-0.39, 0.29) is 5.78 Å². The van der Waals surface area contributed by atoms with Crippen LogP contribution in [0.15, 0.2) is 66.7 Å². The summed E-state index contributed by atoms with van der Waals surface area (Å²) in [5.74, 6) is 0.0315. The van der Waals surface area contributed by atoms with Crippen molar-refractivity contribution in [3.8, 4) is 16.9 Å². The zero-order chi connectivity index (χ0) is 21.9. The van der Waals surface area contributed by atoms with Crippen LogP contribution in [0.5, 0.6) is 0 Å². The molecule has 1 aliphatic carbocycles. The molecule has 2 N–H and O–H groups in total. The lowest BCUT2D eigenvalue weighted by Crippen LogP contribution is -2.14. The van der Waals surface area contributed by atoms with Gasteiger partial charge in [0.2, 0.25) is 6.41 Å². The average molecular weight is 425 g/mol. The Morgan fingerprint density at radius 3 is 2.47 bits per heavy atom. The van der Waals surface area contributed by atoms with E-state index < -0.39 is 0 Å². The number of benzene rings is 3. The molecule has 1 aromatic heterocycles. The summed E-state index contributed by atoms with van der Waals surface area (Å²) in [4.78, 5) is 23.9. The number of aromatic nitrogens is 2. The minimum Gasteiger partial charge on any atom is -0.384 e. The van der Waals surface area contributed by atoms with E-state index in [0.29, 0.717) is 17.7 Å². The minimum absolute atomic E-state index is 0.0315. The molecule has 5 rings (SSSR count). The Hall–Kier alpha value is -3.93. The van der Waals surface area contributed by atoms with Crippen molar-refractivity contribution in [1.82, 2.24) is 15.1 Å². The van der Waals surface area contributed by atoms with Crippen molar-refractivity contribution in [2.75, 3.05) is 18.4 Å². The van der Waals surface area contributed by atoms with Crippen molar-refractivity contribution in [2.45, 2.75) is 19.3 Å². The van der Waals surface area contributed by atoms with Gasteiger partial charge in [-0.3, -0.25) is 9.59 Å². The Morgan fingerprint density at radius 2 is 1.62 bits per heavy atom. The van der Waals surface area contributed by atoms with E-state index >= 15 is 0 Å². The van der Waals surface area contributed by atoms with E-state index in [9.17, 15) is 9.59 Å². The van der Waals surface area contributed by atoms with E-state index in [4.69, 9.17) is 5.10 Å². The van der Waals surface area contributed by atoms with Gasteiger partial charge in [-0.25, -0.2) is 4.68 Å². The fraction of sp³-hybridized carbons (Fsp3) is 0.192. The Kier molecular flexibility index (Phi) is 5.42. The standard InChI is InChI=1S/C26H24N4O2/c31-17-27-15-5-2-6-16-28-21-13-7-11-19-23(21)26(32)20-12-8-14-22-24(20)25(19)29-30(22)18-9-3-1-4-10-18/h1,3-4,7-14,17,28H,2,5-6,15-16H2,(H,27,31). The molecule has 1 aliphatic rings. The quantitative estimate of drug-likeness (QED) is 0.269. The number of ketones is 1. The smallest absolute Gasteiger partial charge is 0.207 e. The van der Waals surface area contributed by atoms with Crippen LogP contribution < -0.4 is 10.6 Å². The van der Waals surface area contributed by atoms with Crippen LogP contribution in [0.4, 0.5) is 5.69 Å². The number of fused-ring (bicyclic) bond motifs is 2. The second-order valence-electron chi connectivity index (χ2n) is 7.91. The number of nitrogens with zero attached hydrogens (tertiary/aromatic N) is 2. The van der Waals surface area contributed by atoms with E-state index in [2.05, 4.69) is 10.6 Å². The van der Waals surface area contributed by atoms with Crippen molar-refractivity contribution in [3.63, 3.8) is 0 Å². The topological polar surface area (TPSA) is 76.0 Å². The van der Waals surface area contributed by atoms with Gasteiger partial charge >= 0.3 is 0 Å². The van der Waals surface area contributed by atoms with E-state index in [1.54, 1.807) is 0 Å². The molecule has 32 heavy (non-hydrogen) atoms. The van der Waals surface area contributed by atoms with Gasteiger partial charge in [-0.15, -0.1) is 0 Å². The summed E-state index contributed by atoms with van der Waals surface area (Å²) < 4.78 is 1.92. The van der Waals surface area contributed by atoms with Gasteiger partial charge in [-0.1, -0.05) is 42.5 Å². The zero-order valence-corrected chi connectivity index (χ0v) is 17.7. The maximum atomic E-state index is 13.5. The van der Waals surface area contributed by atoms with Crippen molar-refractivity contribution >= 4 is 28.8 Å². The maximum Gasteiger partial charge on any atom is 0.207 e. The first-order valence-electron chi connectivity index (χ1n) is 11.0. The Labute approximate surface area is 186 Å². The van der Waals surface area contributed by atoms with Crippen LogP contribution in [0.1, 0.15) is 35.2 Å². The van der Waals surface area contributed by atoms with E-state index in [1.807, 2.05) is 71.4 Å². The summed E-state index contributed by atoms with van der Waals surface area (Å²) >= 11 is 0. The van der Waals surface area contributed by atoms with Crippen molar-refractivity contribution in [1.29, 1.82) is 0 Å². The second-order valence-corrected chi connectivity index (χ2v) is 7.91. The number of amides is 1. The predicted molar refractivity (Wildman–Crippen MR) is 126 cm³/mol. The first-order valence-corrected chi connectivity index (χ1v) is 11.0. The van der Waals surface area contributed by atoms with E-state index in [1.165, 1.54) is 0 Å². The third-order valence-corrected chi connectivity index (χ3v) is 5.90. The highest BCUT2D eigenvalue weighted by Gasteiger charge is 2.30. The molecule has 0 saturated heterocycles. The van der Waals surface area contributed by atoms with Crippen LogP contribution >= 0.6 is 0 Å². The number of rotatable bonds is 9. The first-order chi connectivity index (χ1) is 15.8. The fourth-order valence-electron chi connectivity index (χ4n) is 4.40. The highest BCUT2D eigenvalue weighted by molar-refractivity contribution is 6.27. The maximum absolute atomic E-state index is 13.5. The molecule has 4 aromatic rings. The highest BCUT2D eigenvalue weighted by atomic mass is 16.1. The Balaban J connectivity index is 1.50. The Morgan fingerprint density at radius 1 is 0.844 bits per heavy atom. The molecule has 1 amide bonds. The lowest BCUT2D eigenvalue weighted by Gasteiger charge is -2.19. The van der Waals surface area contributed by atoms with Crippen molar-refractivity contribution < 1.29 is 9.59 Å². The Bertz CT molecular complexity index is 1290. The molecule has 0 aliphatic heterocycles. The molecule has 3 aromatic carbocycles. The number of para-hydroxylation sites is 1. The number of hydrogen-bond donors (Lipinski definition) is 2. The summed E-state index contributed by atoms with van der Waals surface area (Å²) in [7, 11) is 0. The third-order valence-electron chi connectivity index (χ3n) is 5.90. The summed E-state index contributed by atoms with van der Waals surface area (Å²) in [6.45, 7) is 1.46. The molecule has 0 fully saturated rings. The summed E-state index contributed by atoms with van der Waals surface area (Å²) in [6, 6.07) is 21.8. The van der Waals surface area contributed by atoms with Gasteiger partial charge < -0.3 is 10.6 Å². The summed E-state index contributed by atoms with van der Waals surface area (Å²) in [6.07, 6.45) is 3.63. The minimum atomic E-state index is 0.0315. The van der Waals surface area contributed by atoms with Crippen molar-refractivity contribution in [3.05, 3.63) is 77.9 Å². The second kappa shape index (κ2) is 8.67. The monoisotopic (exact) mass is 424 g/mol. The number of carbonyl (C=O) groups excluding carboxylic acids is 2. The number of anilines is 1. The van der Waals surface area contributed by atoms with Gasteiger partial charge in [0.05, 0.1) is 16.8 Å². The van der Waals surface area contributed by atoms with Crippen LogP contribution in [0.2, 0.25) is 0 Å². The van der Waals surface area contributed by atoms with Crippen LogP contribution in [0, 0.1) is 0 Å². The highest BCUT2D eigenvalue weighted by Crippen LogP contribution is 2.42. The molecule has 6 nitrogen and oxygen atoms in total. The van der Waals surface area contributed by atoms with Crippen LogP contribution in [0.25, 0.3) is 27.8 Å². The number of unbranched alkanes of at least 4 members (excludes halogenated alkanes) is 2. The molecule has 0 atom stereocenters. The summed E-state index contributed by atoms with van der Waals surface area (Å²) in [5, 5.41) is 12.0. The van der Waals surface area contributed by atoms with E-state index in [0.717, 1.165) is 65.8 Å². The van der Waals surface area contributed by atoms with Gasteiger partial charge in [-0.2, -0.15) is 5.10 Å². The molecule has 0 bridgehead atoms. The third kappa shape index (κ3) is 3.43. The first kappa shape index (κ1) is 20.0. The van der Waals surface area contributed by atoms with Gasteiger partial charge in [0.15, 0.2) is 5.78 Å². The molecule has 1 heterocycles.